The second-order valence-electron chi connectivity index (χ2n) is 3.46. The molecule has 0 amide bonds. The number of halogens is 1. The molecule has 0 aliphatic rings. The molecule has 0 aromatic heterocycles. The molecular formula is C10H10ClN3O4. The van der Waals surface area contributed by atoms with Gasteiger partial charge >= 0.3 is 5.97 Å². The number of azide groups is 1. The van der Waals surface area contributed by atoms with Crippen molar-refractivity contribution >= 4 is 17.6 Å². The second kappa shape index (κ2) is 6.23. The Morgan fingerprint density at radius 3 is 2.72 bits per heavy atom. The summed E-state index contributed by atoms with van der Waals surface area (Å²) in [6.45, 7) is -0.372. The highest BCUT2D eigenvalue weighted by atomic mass is 35.5. The minimum atomic E-state index is -1.50. The van der Waals surface area contributed by atoms with E-state index >= 15 is 0 Å². The summed E-state index contributed by atoms with van der Waals surface area (Å²) < 4.78 is 0. The maximum absolute atomic E-state index is 11.0. The monoisotopic (exact) mass is 271 g/mol. The van der Waals surface area contributed by atoms with Gasteiger partial charge in [0.1, 0.15) is 6.10 Å². The first kappa shape index (κ1) is 14.3. The molecule has 0 bridgehead atoms. The van der Waals surface area contributed by atoms with Gasteiger partial charge in [0.05, 0.1) is 18.2 Å². The van der Waals surface area contributed by atoms with Gasteiger partial charge in [0.15, 0.2) is 0 Å². The summed E-state index contributed by atoms with van der Waals surface area (Å²) in [5, 5.41) is 31.6. The molecule has 3 N–H and O–H groups in total. The van der Waals surface area contributed by atoms with Crippen LogP contribution < -0.4 is 0 Å². The fourth-order valence-electron chi connectivity index (χ4n) is 1.40. The van der Waals surface area contributed by atoms with Crippen LogP contribution in [0.2, 0.25) is 5.02 Å². The van der Waals surface area contributed by atoms with Crippen LogP contribution in [0.1, 0.15) is 22.0 Å². The Bertz CT molecular complexity index is 502. The predicted octanol–water partition coefficient (Wildman–Crippen LogP) is 1.74. The van der Waals surface area contributed by atoms with Crippen LogP contribution in [0.3, 0.4) is 0 Å². The summed E-state index contributed by atoms with van der Waals surface area (Å²) >= 11 is 5.71. The summed E-state index contributed by atoms with van der Waals surface area (Å²) in [4.78, 5) is 13.4. The van der Waals surface area contributed by atoms with Crippen molar-refractivity contribution in [2.24, 2.45) is 5.11 Å². The topological polar surface area (TPSA) is 127 Å². The summed E-state index contributed by atoms with van der Waals surface area (Å²) in [7, 11) is 0. The van der Waals surface area contributed by atoms with Gasteiger partial charge in [-0.1, -0.05) is 16.7 Å². The number of aliphatic hydroxyl groups excluding tert-OH is 2. The Morgan fingerprint density at radius 2 is 2.17 bits per heavy atom. The normalized spacial score (nSPS) is 13.5. The number of benzene rings is 1. The van der Waals surface area contributed by atoms with E-state index in [-0.39, 0.29) is 22.7 Å². The first-order chi connectivity index (χ1) is 8.47. The van der Waals surface area contributed by atoms with Crippen molar-refractivity contribution in [3.05, 3.63) is 44.8 Å². The summed E-state index contributed by atoms with van der Waals surface area (Å²) in [6, 6.07) is 3.83. The number of aliphatic hydroxyl groups is 2. The van der Waals surface area contributed by atoms with Gasteiger partial charge in [-0.3, -0.25) is 0 Å². The Kier molecular flexibility index (Phi) is 4.94. The van der Waals surface area contributed by atoms with Crippen molar-refractivity contribution in [3.63, 3.8) is 0 Å². The molecular weight excluding hydrogens is 262 g/mol. The molecule has 96 valence electrons. The maximum atomic E-state index is 11.0. The zero-order chi connectivity index (χ0) is 13.7. The number of hydrogen-bond donors (Lipinski definition) is 3. The number of carboxylic acids is 1. The highest BCUT2D eigenvalue weighted by Crippen LogP contribution is 2.25. The highest BCUT2D eigenvalue weighted by molar-refractivity contribution is 6.30. The van der Waals surface area contributed by atoms with E-state index in [1.807, 2.05) is 0 Å². The van der Waals surface area contributed by atoms with Gasteiger partial charge in [0.25, 0.3) is 0 Å². The van der Waals surface area contributed by atoms with Crippen LogP contribution in [0.15, 0.2) is 23.3 Å². The lowest BCUT2D eigenvalue weighted by Gasteiger charge is -2.18. The van der Waals surface area contributed by atoms with Gasteiger partial charge in [0.2, 0.25) is 0 Å². The molecule has 2 unspecified atom stereocenters. The van der Waals surface area contributed by atoms with E-state index in [2.05, 4.69) is 10.0 Å². The van der Waals surface area contributed by atoms with E-state index in [9.17, 15) is 15.0 Å². The molecule has 0 aliphatic carbocycles. The van der Waals surface area contributed by atoms with Crippen molar-refractivity contribution in [1.82, 2.24) is 0 Å². The van der Waals surface area contributed by atoms with E-state index < -0.39 is 18.2 Å². The van der Waals surface area contributed by atoms with Crippen LogP contribution in [0.4, 0.5) is 0 Å². The van der Waals surface area contributed by atoms with Gasteiger partial charge in [-0.15, -0.1) is 0 Å². The lowest BCUT2D eigenvalue weighted by Crippen LogP contribution is -2.23. The van der Waals surface area contributed by atoms with Crippen LogP contribution in [-0.4, -0.2) is 33.9 Å². The van der Waals surface area contributed by atoms with Crippen molar-refractivity contribution in [3.8, 4) is 0 Å². The van der Waals surface area contributed by atoms with Crippen molar-refractivity contribution in [2.75, 3.05) is 6.54 Å². The molecule has 8 heteroatoms. The molecule has 1 rings (SSSR count). The van der Waals surface area contributed by atoms with Gasteiger partial charge in [-0.25, -0.2) is 4.79 Å². The number of carboxylic acid groups (broad SMARTS) is 1. The van der Waals surface area contributed by atoms with Crippen LogP contribution >= 0.6 is 11.6 Å². The molecule has 0 saturated carbocycles. The third-order valence-corrected chi connectivity index (χ3v) is 2.49. The second-order valence-corrected chi connectivity index (χ2v) is 3.90. The first-order valence-electron chi connectivity index (χ1n) is 4.87. The predicted molar refractivity (Wildman–Crippen MR) is 63.4 cm³/mol. The lowest BCUT2D eigenvalue weighted by molar-refractivity contribution is 0.0232. The Balaban J connectivity index is 3.10. The SMILES string of the molecule is [N-]=[N+]=NCC(O)C(O)c1cc(Cl)ccc1C(=O)O. The number of hydrogen-bond acceptors (Lipinski definition) is 4. The Morgan fingerprint density at radius 1 is 1.50 bits per heavy atom. The molecule has 0 aliphatic heterocycles. The quantitative estimate of drug-likeness (QED) is 0.428. The van der Waals surface area contributed by atoms with E-state index in [1.54, 1.807) is 0 Å². The molecule has 7 nitrogen and oxygen atoms in total. The van der Waals surface area contributed by atoms with Crippen molar-refractivity contribution in [1.29, 1.82) is 0 Å². The minimum Gasteiger partial charge on any atom is -0.478 e. The molecule has 18 heavy (non-hydrogen) atoms. The average Bonchev–Trinajstić information content (AvgIpc) is 2.34. The van der Waals surface area contributed by atoms with Crippen LogP contribution in [0.5, 0.6) is 0 Å². The number of nitrogens with zero attached hydrogens (tertiary/aromatic N) is 3. The molecule has 0 radical (unpaired) electrons. The third-order valence-electron chi connectivity index (χ3n) is 2.26. The van der Waals surface area contributed by atoms with E-state index in [0.717, 1.165) is 0 Å². The molecule has 0 spiro atoms. The molecule has 1 aromatic carbocycles. The maximum Gasteiger partial charge on any atom is 0.336 e. The average molecular weight is 272 g/mol. The lowest BCUT2D eigenvalue weighted by atomic mass is 9.98. The molecule has 0 saturated heterocycles. The summed E-state index contributed by atoms with van der Waals surface area (Å²) in [6.07, 6.45) is -2.90. The highest BCUT2D eigenvalue weighted by Gasteiger charge is 2.23. The number of carbonyl (C=O) groups is 1. The zero-order valence-corrected chi connectivity index (χ0v) is 9.82. The summed E-state index contributed by atoms with van der Waals surface area (Å²) in [5.41, 5.74) is 7.90. The molecule has 2 atom stereocenters. The third kappa shape index (κ3) is 3.35. The fourth-order valence-corrected chi connectivity index (χ4v) is 1.58. The summed E-state index contributed by atoms with van der Waals surface area (Å²) in [5.74, 6) is -1.25. The van der Waals surface area contributed by atoms with Crippen LogP contribution in [0, 0.1) is 0 Å². The number of aromatic carboxylic acids is 1. The van der Waals surface area contributed by atoms with Gasteiger partial charge in [-0.2, -0.15) is 0 Å². The van der Waals surface area contributed by atoms with Crippen molar-refractivity contribution < 1.29 is 20.1 Å². The largest absolute Gasteiger partial charge is 0.478 e. The van der Waals surface area contributed by atoms with E-state index in [4.69, 9.17) is 22.2 Å². The first-order valence-corrected chi connectivity index (χ1v) is 5.25. The minimum absolute atomic E-state index is 0.0318. The van der Waals surface area contributed by atoms with E-state index in [1.165, 1.54) is 18.2 Å². The standard InChI is InChI=1S/C10H10ClN3O4/c11-5-1-2-6(10(17)18)7(3-5)9(16)8(15)4-13-14-12/h1-3,8-9,15-16H,4H2,(H,17,18). The Hall–Kier alpha value is -1.79. The smallest absolute Gasteiger partial charge is 0.336 e. The zero-order valence-electron chi connectivity index (χ0n) is 9.06. The van der Waals surface area contributed by atoms with Gasteiger partial charge in [0, 0.05) is 9.93 Å². The van der Waals surface area contributed by atoms with Crippen molar-refractivity contribution in [2.45, 2.75) is 12.2 Å². The fraction of sp³-hybridized carbons (Fsp3) is 0.300. The molecule has 0 fully saturated rings. The van der Waals surface area contributed by atoms with Gasteiger partial charge in [-0.05, 0) is 29.3 Å². The van der Waals surface area contributed by atoms with Crippen LogP contribution in [0.25, 0.3) is 10.4 Å². The Labute approximate surface area is 107 Å². The van der Waals surface area contributed by atoms with Crippen LogP contribution in [-0.2, 0) is 0 Å². The molecule has 0 heterocycles. The molecule has 1 aromatic rings. The van der Waals surface area contributed by atoms with Gasteiger partial charge < -0.3 is 15.3 Å². The van der Waals surface area contributed by atoms with E-state index in [0.29, 0.717) is 0 Å². The number of rotatable bonds is 5.